The SMILES string of the molecule is Cc1ccc(Oc2ccccc2NC(=O)CCN2C(=O)CCC2=O)cc1. The van der Waals surface area contributed by atoms with Crippen LogP contribution in [0.1, 0.15) is 24.8 Å². The van der Waals surface area contributed by atoms with E-state index in [-0.39, 0.29) is 43.5 Å². The zero-order valence-electron chi connectivity index (χ0n) is 14.5. The largest absolute Gasteiger partial charge is 0.455 e. The number of anilines is 1. The number of nitrogens with one attached hydrogen (secondary N) is 1. The van der Waals surface area contributed by atoms with Crippen LogP contribution >= 0.6 is 0 Å². The van der Waals surface area contributed by atoms with Crippen molar-refractivity contribution in [2.75, 3.05) is 11.9 Å². The van der Waals surface area contributed by atoms with E-state index in [4.69, 9.17) is 4.74 Å². The summed E-state index contributed by atoms with van der Waals surface area (Å²) in [5, 5.41) is 2.78. The number of hydrogen-bond acceptors (Lipinski definition) is 4. The summed E-state index contributed by atoms with van der Waals surface area (Å²) in [4.78, 5) is 36.5. The van der Waals surface area contributed by atoms with E-state index in [1.54, 1.807) is 18.2 Å². The molecule has 0 bridgehead atoms. The maximum atomic E-state index is 12.2. The Balaban J connectivity index is 1.62. The highest BCUT2D eigenvalue weighted by Gasteiger charge is 2.28. The Hall–Kier alpha value is -3.15. The number of carbonyl (C=O) groups is 3. The van der Waals surface area contributed by atoms with Gasteiger partial charge in [0.25, 0.3) is 0 Å². The first-order valence-electron chi connectivity index (χ1n) is 8.49. The molecule has 1 saturated heterocycles. The number of rotatable bonds is 6. The van der Waals surface area contributed by atoms with Crippen LogP contribution in [0.2, 0.25) is 0 Å². The predicted molar refractivity (Wildman–Crippen MR) is 96.9 cm³/mol. The molecule has 0 aromatic heterocycles. The zero-order chi connectivity index (χ0) is 18.5. The molecule has 3 amide bonds. The summed E-state index contributed by atoms with van der Waals surface area (Å²) in [5.41, 5.74) is 1.67. The van der Waals surface area contributed by atoms with Gasteiger partial charge in [-0.3, -0.25) is 19.3 Å². The lowest BCUT2D eigenvalue weighted by Crippen LogP contribution is -2.32. The van der Waals surface area contributed by atoms with Crippen molar-refractivity contribution in [2.45, 2.75) is 26.2 Å². The van der Waals surface area contributed by atoms with Gasteiger partial charge in [0, 0.05) is 25.8 Å². The summed E-state index contributed by atoms with van der Waals surface area (Å²) in [7, 11) is 0. The molecule has 6 nitrogen and oxygen atoms in total. The molecular formula is C20H20N2O4. The van der Waals surface area contributed by atoms with Crippen molar-refractivity contribution < 1.29 is 19.1 Å². The van der Waals surface area contributed by atoms with Crippen LogP contribution in [0.25, 0.3) is 0 Å². The second kappa shape index (κ2) is 7.82. The first kappa shape index (κ1) is 17.7. The van der Waals surface area contributed by atoms with Crippen molar-refractivity contribution >= 4 is 23.4 Å². The van der Waals surface area contributed by atoms with Crippen LogP contribution in [0.4, 0.5) is 5.69 Å². The summed E-state index contributed by atoms with van der Waals surface area (Å²) in [5.74, 6) is 0.484. The molecule has 0 aliphatic carbocycles. The van der Waals surface area contributed by atoms with E-state index in [9.17, 15) is 14.4 Å². The van der Waals surface area contributed by atoms with Crippen molar-refractivity contribution in [3.05, 3.63) is 54.1 Å². The first-order chi connectivity index (χ1) is 12.5. The molecule has 134 valence electrons. The molecule has 0 atom stereocenters. The molecule has 0 saturated carbocycles. The van der Waals surface area contributed by atoms with Gasteiger partial charge in [0.1, 0.15) is 5.75 Å². The Labute approximate surface area is 151 Å². The molecule has 1 N–H and O–H groups in total. The van der Waals surface area contributed by atoms with E-state index in [1.807, 2.05) is 37.3 Å². The number of amides is 3. The molecule has 2 aromatic rings. The standard InChI is InChI=1S/C20H20N2O4/c1-14-6-8-15(9-7-14)26-17-5-3-2-4-16(17)21-18(23)12-13-22-19(24)10-11-20(22)25/h2-9H,10-13H2,1H3,(H,21,23). The van der Waals surface area contributed by atoms with Crippen LogP contribution in [-0.2, 0) is 14.4 Å². The Kier molecular flexibility index (Phi) is 5.31. The minimum absolute atomic E-state index is 0.0519. The maximum absolute atomic E-state index is 12.2. The Morgan fingerprint density at radius 1 is 1.04 bits per heavy atom. The molecule has 1 heterocycles. The fourth-order valence-electron chi connectivity index (χ4n) is 2.69. The quantitative estimate of drug-likeness (QED) is 0.810. The molecular weight excluding hydrogens is 332 g/mol. The molecule has 2 aromatic carbocycles. The average molecular weight is 352 g/mol. The minimum atomic E-state index is -0.280. The second-order valence-electron chi connectivity index (χ2n) is 6.15. The summed E-state index contributed by atoms with van der Waals surface area (Å²) in [6.07, 6.45) is 0.512. The molecule has 1 fully saturated rings. The van der Waals surface area contributed by atoms with Crippen LogP contribution in [0.5, 0.6) is 11.5 Å². The number of benzene rings is 2. The van der Waals surface area contributed by atoms with Gasteiger partial charge in [-0.2, -0.15) is 0 Å². The molecule has 26 heavy (non-hydrogen) atoms. The van der Waals surface area contributed by atoms with Gasteiger partial charge in [-0.25, -0.2) is 0 Å². The highest BCUT2D eigenvalue weighted by atomic mass is 16.5. The molecule has 6 heteroatoms. The molecule has 0 radical (unpaired) electrons. The highest BCUT2D eigenvalue weighted by molar-refractivity contribution is 6.02. The van der Waals surface area contributed by atoms with Crippen LogP contribution in [0, 0.1) is 6.92 Å². The molecule has 1 aliphatic rings. The predicted octanol–water partition coefficient (Wildman–Crippen LogP) is 3.26. The lowest BCUT2D eigenvalue weighted by Gasteiger charge is -2.15. The van der Waals surface area contributed by atoms with Crippen LogP contribution in [-0.4, -0.2) is 29.2 Å². The number of imide groups is 1. The van der Waals surface area contributed by atoms with Crippen LogP contribution in [0.3, 0.4) is 0 Å². The molecule has 3 rings (SSSR count). The van der Waals surface area contributed by atoms with E-state index in [1.165, 1.54) is 0 Å². The number of para-hydroxylation sites is 2. The van der Waals surface area contributed by atoms with Crippen LogP contribution in [0.15, 0.2) is 48.5 Å². The molecule has 1 aliphatic heterocycles. The number of hydrogen-bond donors (Lipinski definition) is 1. The fraction of sp³-hybridized carbons (Fsp3) is 0.250. The van der Waals surface area contributed by atoms with Crippen molar-refractivity contribution in [2.24, 2.45) is 0 Å². The lowest BCUT2D eigenvalue weighted by molar-refractivity contribution is -0.138. The Morgan fingerprint density at radius 2 is 1.69 bits per heavy atom. The number of carbonyl (C=O) groups excluding carboxylic acids is 3. The third kappa shape index (κ3) is 4.27. The summed E-state index contributed by atoms with van der Waals surface area (Å²) < 4.78 is 5.84. The number of nitrogens with zero attached hydrogens (tertiary/aromatic N) is 1. The number of likely N-dealkylation sites (tertiary alicyclic amines) is 1. The van der Waals surface area contributed by atoms with Crippen molar-refractivity contribution in [3.8, 4) is 11.5 Å². The third-order valence-electron chi connectivity index (χ3n) is 4.13. The van der Waals surface area contributed by atoms with Gasteiger partial charge in [-0.15, -0.1) is 0 Å². The minimum Gasteiger partial charge on any atom is -0.455 e. The second-order valence-corrected chi connectivity index (χ2v) is 6.15. The Bertz CT molecular complexity index is 814. The van der Waals surface area contributed by atoms with E-state index in [2.05, 4.69) is 5.32 Å². The number of aryl methyl sites for hydroxylation is 1. The lowest BCUT2D eigenvalue weighted by atomic mass is 10.2. The van der Waals surface area contributed by atoms with E-state index < -0.39 is 0 Å². The monoisotopic (exact) mass is 352 g/mol. The van der Waals surface area contributed by atoms with Gasteiger partial charge < -0.3 is 10.1 Å². The summed E-state index contributed by atoms with van der Waals surface area (Å²) >= 11 is 0. The fourth-order valence-corrected chi connectivity index (χ4v) is 2.69. The van der Waals surface area contributed by atoms with Gasteiger partial charge in [-0.05, 0) is 31.2 Å². The van der Waals surface area contributed by atoms with Gasteiger partial charge in [0.2, 0.25) is 17.7 Å². The van der Waals surface area contributed by atoms with Gasteiger partial charge in [0.05, 0.1) is 5.69 Å². The maximum Gasteiger partial charge on any atom is 0.229 e. The molecule has 0 unspecified atom stereocenters. The first-order valence-corrected chi connectivity index (χ1v) is 8.49. The third-order valence-corrected chi connectivity index (χ3v) is 4.13. The van der Waals surface area contributed by atoms with Crippen molar-refractivity contribution in [3.63, 3.8) is 0 Å². The normalized spacial score (nSPS) is 13.8. The summed E-state index contributed by atoms with van der Waals surface area (Å²) in [6, 6.07) is 14.7. The average Bonchev–Trinajstić information content (AvgIpc) is 2.95. The number of ether oxygens (including phenoxy) is 1. The molecule has 0 spiro atoms. The van der Waals surface area contributed by atoms with Gasteiger partial charge >= 0.3 is 0 Å². The summed E-state index contributed by atoms with van der Waals surface area (Å²) in [6.45, 7) is 2.10. The van der Waals surface area contributed by atoms with Crippen molar-refractivity contribution in [1.82, 2.24) is 4.90 Å². The highest BCUT2D eigenvalue weighted by Crippen LogP contribution is 2.29. The van der Waals surface area contributed by atoms with Crippen molar-refractivity contribution in [1.29, 1.82) is 0 Å². The topological polar surface area (TPSA) is 75.7 Å². The Morgan fingerprint density at radius 3 is 2.38 bits per heavy atom. The van der Waals surface area contributed by atoms with Gasteiger partial charge in [0.15, 0.2) is 5.75 Å². The zero-order valence-corrected chi connectivity index (χ0v) is 14.5. The van der Waals surface area contributed by atoms with Crippen LogP contribution < -0.4 is 10.1 Å². The van der Waals surface area contributed by atoms with E-state index in [0.717, 1.165) is 10.5 Å². The van der Waals surface area contributed by atoms with E-state index >= 15 is 0 Å². The van der Waals surface area contributed by atoms with Gasteiger partial charge in [-0.1, -0.05) is 29.8 Å². The smallest absolute Gasteiger partial charge is 0.229 e. The van der Waals surface area contributed by atoms with E-state index in [0.29, 0.717) is 17.2 Å².